The minimum absolute atomic E-state index is 0.0307. The summed E-state index contributed by atoms with van der Waals surface area (Å²) in [6, 6.07) is 7.93. The van der Waals surface area contributed by atoms with Crippen molar-refractivity contribution in [2.24, 2.45) is 11.7 Å². The molecule has 1 unspecified atom stereocenters. The number of hydrogen-bond donors (Lipinski definition) is 1. The van der Waals surface area contributed by atoms with Crippen LogP contribution >= 0.6 is 0 Å². The average molecular weight is 219 g/mol. The number of hydrogen-bond acceptors (Lipinski definition) is 2. The van der Waals surface area contributed by atoms with Crippen molar-refractivity contribution in [3.05, 3.63) is 35.4 Å². The second kappa shape index (κ2) is 6.44. The Balaban J connectivity index is 2.86. The molecule has 0 aliphatic carbocycles. The zero-order chi connectivity index (χ0) is 12.0. The van der Waals surface area contributed by atoms with Crippen molar-refractivity contribution < 1.29 is 4.79 Å². The molecular weight excluding hydrogens is 198 g/mol. The van der Waals surface area contributed by atoms with Crippen molar-refractivity contribution in [3.8, 4) is 0 Å². The van der Waals surface area contributed by atoms with Crippen LogP contribution in [0.2, 0.25) is 0 Å². The van der Waals surface area contributed by atoms with Gasteiger partial charge in [-0.3, -0.25) is 4.79 Å². The van der Waals surface area contributed by atoms with Crippen LogP contribution in [0.15, 0.2) is 24.3 Å². The molecule has 0 aliphatic heterocycles. The van der Waals surface area contributed by atoms with E-state index in [1.807, 2.05) is 25.1 Å². The topological polar surface area (TPSA) is 43.1 Å². The van der Waals surface area contributed by atoms with E-state index in [0.717, 1.165) is 24.8 Å². The fraction of sp³-hybridized carbons (Fsp3) is 0.500. The summed E-state index contributed by atoms with van der Waals surface area (Å²) in [6.07, 6.45) is 2.94. The van der Waals surface area contributed by atoms with E-state index in [-0.39, 0.29) is 11.7 Å². The van der Waals surface area contributed by atoms with E-state index < -0.39 is 0 Å². The van der Waals surface area contributed by atoms with Crippen molar-refractivity contribution in [1.29, 1.82) is 0 Å². The van der Waals surface area contributed by atoms with Gasteiger partial charge in [0, 0.05) is 18.0 Å². The monoisotopic (exact) mass is 219 g/mol. The molecule has 2 N–H and O–H groups in total. The van der Waals surface area contributed by atoms with Gasteiger partial charge in [-0.25, -0.2) is 0 Å². The summed E-state index contributed by atoms with van der Waals surface area (Å²) < 4.78 is 0. The van der Waals surface area contributed by atoms with Gasteiger partial charge < -0.3 is 5.73 Å². The minimum atomic E-state index is -0.0307. The summed E-state index contributed by atoms with van der Waals surface area (Å²) in [7, 11) is 0. The summed E-state index contributed by atoms with van der Waals surface area (Å²) in [5, 5.41) is 0. The van der Waals surface area contributed by atoms with Gasteiger partial charge in [-0.2, -0.15) is 0 Å². The molecule has 0 aliphatic rings. The number of Topliss-reactive ketones (excluding diaryl/α,β-unsaturated/α-hetero) is 1. The second-order valence-corrected chi connectivity index (χ2v) is 4.16. The normalized spacial score (nSPS) is 12.4. The van der Waals surface area contributed by atoms with E-state index in [2.05, 4.69) is 13.0 Å². The van der Waals surface area contributed by atoms with Crippen LogP contribution in [0.4, 0.5) is 0 Å². The van der Waals surface area contributed by atoms with Crippen LogP contribution in [0.25, 0.3) is 0 Å². The van der Waals surface area contributed by atoms with Crippen molar-refractivity contribution in [2.75, 3.05) is 6.54 Å². The van der Waals surface area contributed by atoms with Crippen molar-refractivity contribution >= 4 is 5.78 Å². The molecule has 2 heteroatoms. The lowest BCUT2D eigenvalue weighted by molar-refractivity contribution is 0.0921. The van der Waals surface area contributed by atoms with Crippen molar-refractivity contribution in [2.45, 2.75) is 33.1 Å². The van der Waals surface area contributed by atoms with Crippen LogP contribution in [-0.4, -0.2) is 12.3 Å². The molecule has 0 spiro atoms. The Labute approximate surface area is 97.9 Å². The Bertz CT molecular complexity index is 342. The van der Waals surface area contributed by atoms with E-state index in [9.17, 15) is 4.79 Å². The number of benzene rings is 1. The van der Waals surface area contributed by atoms with Gasteiger partial charge in [0.05, 0.1) is 0 Å². The molecule has 0 amide bonds. The van der Waals surface area contributed by atoms with Gasteiger partial charge in [-0.1, -0.05) is 38.5 Å². The summed E-state index contributed by atoms with van der Waals surface area (Å²) >= 11 is 0. The highest BCUT2D eigenvalue weighted by Crippen LogP contribution is 2.14. The summed E-state index contributed by atoms with van der Waals surface area (Å²) in [5.41, 5.74) is 7.64. The van der Waals surface area contributed by atoms with Gasteiger partial charge in [0.2, 0.25) is 0 Å². The maximum atomic E-state index is 12.1. The summed E-state index contributed by atoms with van der Waals surface area (Å²) in [5.74, 6) is 0.153. The predicted octanol–water partition coefficient (Wildman–Crippen LogP) is 2.81. The molecule has 0 bridgehead atoms. The van der Waals surface area contributed by atoms with Gasteiger partial charge in [0.25, 0.3) is 0 Å². The van der Waals surface area contributed by atoms with Crippen molar-refractivity contribution in [3.63, 3.8) is 0 Å². The quantitative estimate of drug-likeness (QED) is 0.748. The van der Waals surface area contributed by atoms with E-state index in [4.69, 9.17) is 5.73 Å². The lowest BCUT2D eigenvalue weighted by Crippen LogP contribution is -2.23. The molecule has 1 aromatic rings. The molecule has 1 rings (SSSR count). The van der Waals surface area contributed by atoms with Crippen LogP contribution in [0.1, 0.15) is 42.6 Å². The molecule has 2 nitrogen and oxygen atoms in total. The number of nitrogens with two attached hydrogens (primary N) is 1. The number of ketones is 1. The largest absolute Gasteiger partial charge is 0.330 e. The number of carbonyl (C=O) groups is 1. The van der Waals surface area contributed by atoms with E-state index in [1.165, 1.54) is 5.56 Å². The first kappa shape index (κ1) is 12.9. The molecule has 0 fully saturated rings. The van der Waals surface area contributed by atoms with Crippen LogP contribution in [0.5, 0.6) is 0 Å². The smallest absolute Gasteiger partial charge is 0.167 e. The maximum absolute atomic E-state index is 12.1. The molecule has 0 heterocycles. The first-order valence-electron chi connectivity index (χ1n) is 6.06. The second-order valence-electron chi connectivity index (χ2n) is 4.16. The fourth-order valence-corrected chi connectivity index (χ4v) is 1.86. The Morgan fingerprint density at radius 2 is 2.12 bits per heavy atom. The highest BCUT2D eigenvalue weighted by atomic mass is 16.1. The molecule has 0 radical (unpaired) electrons. The number of aryl methyl sites for hydroxylation is 1. The summed E-state index contributed by atoms with van der Waals surface area (Å²) in [6.45, 7) is 4.59. The first-order chi connectivity index (χ1) is 7.72. The summed E-state index contributed by atoms with van der Waals surface area (Å²) in [4.78, 5) is 12.1. The lowest BCUT2D eigenvalue weighted by atomic mass is 9.94. The molecule has 0 aromatic heterocycles. The van der Waals surface area contributed by atoms with E-state index in [0.29, 0.717) is 6.54 Å². The number of rotatable bonds is 6. The predicted molar refractivity (Wildman–Crippen MR) is 67.6 cm³/mol. The SMILES string of the molecule is CCCc1cccc(C(=O)C(CC)CN)c1. The molecule has 16 heavy (non-hydrogen) atoms. The van der Waals surface area contributed by atoms with E-state index >= 15 is 0 Å². The standard InChI is InChI=1S/C14H21NO/c1-3-6-11-7-5-8-13(9-11)14(16)12(4-2)10-15/h5,7-9,12H,3-4,6,10,15H2,1-2H3. The molecule has 88 valence electrons. The molecule has 1 aromatic carbocycles. The Kier molecular flexibility index (Phi) is 5.20. The maximum Gasteiger partial charge on any atom is 0.167 e. The first-order valence-corrected chi connectivity index (χ1v) is 6.06. The van der Waals surface area contributed by atoms with Gasteiger partial charge in [0.1, 0.15) is 0 Å². The van der Waals surface area contributed by atoms with Crippen LogP contribution in [0.3, 0.4) is 0 Å². The van der Waals surface area contributed by atoms with Crippen molar-refractivity contribution in [1.82, 2.24) is 0 Å². The van der Waals surface area contributed by atoms with Crippen LogP contribution in [-0.2, 0) is 6.42 Å². The average Bonchev–Trinajstić information content (AvgIpc) is 2.31. The third-order valence-corrected chi connectivity index (χ3v) is 2.90. The fourth-order valence-electron chi connectivity index (χ4n) is 1.86. The molecule has 0 saturated carbocycles. The minimum Gasteiger partial charge on any atom is -0.330 e. The number of carbonyl (C=O) groups excluding carboxylic acids is 1. The third kappa shape index (κ3) is 3.17. The molecule has 1 atom stereocenters. The highest BCUT2D eigenvalue weighted by molar-refractivity contribution is 5.98. The van der Waals surface area contributed by atoms with E-state index in [1.54, 1.807) is 0 Å². The van der Waals surface area contributed by atoms with Gasteiger partial charge in [-0.05, 0) is 24.5 Å². The third-order valence-electron chi connectivity index (χ3n) is 2.90. The zero-order valence-corrected chi connectivity index (χ0v) is 10.2. The van der Waals surface area contributed by atoms with Gasteiger partial charge in [-0.15, -0.1) is 0 Å². The molecule has 0 saturated heterocycles. The van der Waals surface area contributed by atoms with Crippen LogP contribution < -0.4 is 5.73 Å². The van der Waals surface area contributed by atoms with Crippen LogP contribution in [0, 0.1) is 5.92 Å². The van der Waals surface area contributed by atoms with Gasteiger partial charge in [0.15, 0.2) is 5.78 Å². The van der Waals surface area contributed by atoms with Gasteiger partial charge >= 0.3 is 0 Å². The Morgan fingerprint density at radius 1 is 1.38 bits per heavy atom. The molecular formula is C14H21NO. The zero-order valence-electron chi connectivity index (χ0n) is 10.2. The Hall–Kier alpha value is -1.15. The lowest BCUT2D eigenvalue weighted by Gasteiger charge is -2.11. The Morgan fingerprint density at radius 3 is 2.69 bits per heavy atom. The highest BCUT2D eigenvalue weighted by Gasteiger charge is 2.16.